The Morgan fingerprint density at radius 3 is 2.94 bits per heavy atom. The second-order valence-electron chi connectivity index (χ2n) is 3.14. The molecular formula is C9H10BrN5O. The van der Waals surface area contributed by atoms with Crippen molar-refractivity contribution in [2.24, 2.45) is 12.8 Å². The molecule has 1 heterocycles. The summed E-state index contributed by atoms with van der Waals surface area (Å²) in [5, 5.41) is 10.9. The second-order valence-corrected chi connectivity index (χ2v) is 4.06. The van der Waals surface area contributed by atoms with Gasteiger partial charge in [-0.05, 0) is 28.6 Å². The minimum Gasteiger partial charge on any atom is -0.423 e. The van der Waals surface area contributed by atoms with Gasteiger partial charge in [-0.1, -0.05) is 21.0 Å². The van der Waals surface area contributed by atoms with Crippen LogP contribution in [0.3, 0.4) is 0 Å². The highest BCUT2D eigenvalue weighted by Gasteiger charge is 2.08. The summed E-state index contributed by atoms with van der Waals surface area (Å²) in [7, 11) is 1.70. The van der Waals surface area contributed by atoms with Gasteiger partial charge in [-0.15, -0.1) is 0 Å². The summed E-state index contributed by atoms with van der Waals surface area (Å²) in [4.78, 5) is 0. The first-order valence-corrected chi connectivity index (χ1v) is 5.38. The molecule has 84 valence electrons. The number of benzene rings is 1. The van der Waals surface area contributed by atoms with E-state index in [0.717, 1.165) is 10.0 Å². The number of nitrogens with two attached hydrogens (primary N) is 1. The van der Waals surface area contributed by atoms with E-state index in [2.05, 4.69) is 31.5 Å². The van der Waals surface area contributed by atoms with Gasteiger partial charge in [0.25, 0.3) is 0 Å². The summed E-state index contributed by atoms with van der Waals surface area (Å²) < 4.78 is 7.95. The molecule has 7 heteroatoms. The van der Waals surface area contributed by atoms with E-state index < -0.39 is 0 Å². The van der Waals surface area contributed by atoms with E-state index in [1.54, 1.807) is 7.05 Å². The number of hydrogen-bond donors (Lipinski definition) is 1. The van der Waals surface area contributed by atoms with Gasteiger partial charge in [0.05, 0.1) is 0 Å². The van der Waals surface area contributed by atoms with E-state index in [4.69, 9.17) is 10.5 Å². The van der Waals surface area contributed by atoms with Crippen LogP contribution in [-0.4, -0.2) is 20.2 Å². The van der Waals surface area contributed by atoms with E-state index in [1.165, 1.54) is 4.68 Å². The SMILES string of the molecule is Cn1nnnc1Oc1ccc(Br)cc1CN. The third-order valence-electron chi connectivity index (χ3n) is 2.02. The van der Waals surface area contributed by atoms with Crippen molar-refractivity contribution < 1.29 is 4.74 Å². The van der Waals surface area contributed by atoms with Gasteiger partial charge in [0.15, 0.2) is 0 Å². The summed E-state index contributed by atoms with van der Waals surface area (Å²) in [6, 6.07) is 5.93. The van der Waals surface area contributed by atoms with Crippen LogP contribution in [0.5, 0.6) is 11.8 Å². The molecule has 0 aliphatic rings. The Labute approximate surface area is 101 Å². The van der Waals surface area contributed by atoms with E-state index in [9.17, 15) is 0 Å². The number of halogens is 1. The monoisotopic (exact) mass is 283 g/mol. The lowest BCUT2D eigenvalue weighted by Crippen LogP contribution is -2.02. The standard InChI is InChI=1S/C9H10BrN5O/c1-15-9(12-13-14-15)16-8-3-2-7(10)4-6(8)5-11/h2-4H,5,11H2,1H3. The minimum absolute atomic E-state index is 0.331. The topological polar surface area (TPSA) is 78.8 Å². The molecule has 0 unspecified atom stereocenters. The normalized spacial score (nSPS) is 10.4. The third kappa shape index (κ3) is 2.20. The fourth-order valence-corrected chi connectivity index (χ4v) is 1.62. The smallest absolute Gasteiger partial charge is 0.340 e. The van der Waals surface area contributed by atoms with Gasteiger partial charge in [-0.3, -0.25) is 0 Å². The predicted molar refractivity (Wildman–Crippen MR) is 60.9 cm³/mol. The Morgan fingerprint density at radius 1 is 1.50 bits per heavy atom. The van der Waals surface area contributed by atoms with Crippen molar-refractivity contribution in [1.82, 2.24) is 20.2 Å². The molecule has 1 aromatic carbocycles. The van der Waals surface area contributed by atoms with Crippen molar-refractivity contribution in [3.63, 3.8) is 0 Å². The van der Waals surface area contributed by atoms with Gasteiger partial charge in [0, 0.05) is 23.6 Å². The maximum Gasteiger partial charge on any atom is 0.340 e. The Balaban J connectivity index is 2.31. The molecule has 0 bridgehead atoms. The molecule has 6 nitrogen and oxygen atoms in total. The molecular weight excluding hydrogens is 274 g/mol. The molecule has 1 aromatic heterocycles. The van der Waals surface area contributed by atoms with Crippen molar-refractivity contribution in [3.05, 3.63) is 28.2 Å². The van der Waals surface area contributed by atoms with Crippen LogP contribution >= 0.6 is 15.9 Å². The van der Waals surface area contributed by atoms with Crippen molar-refractivity contribution >= 4 is 15.9 Å². The summed E-state index contributed by atoms with van der Waals surface area (Å²) in [5.74, 6) is 0.656. The van der Waals surface area contributed by atoms with Gasteiger partial charge in [0.2, 0.25) is 0 Å². The highest BCUT2D eigenvalue weighted by atomic mass is 79.9. The fraction of sp³-hybridized carbons (Fsp3) is 0.222. The Morgan fingerprint density at radius 2 is 2.31 bits per heavy atom. The van der Waals surface area contributed by atoms with Crippen molar-refractivity contribution in [3.8, 4) is 11.8 Å². The van der Waals surface area contributed by atoms with Crippen LogP contribution < -0.4 is 10.5 Å². The van der Waals surface area contributed by atoms with Crippen LogP contribution in [0.2, 0.25) is 0 Å². The van der Waals surface area contributed by atoms with E-state index >= 15 is 0 Å². The molecule has 0 amide bonds. The average Bonchev–Trinajstić information content (AvgIpc) is 2.67. The number of rotatable bonds is 3. The molecule has 0 aliphatic heterocycles. The molecule has 0 fully saturated rings. The lowest BCUT2D eigenvalue weighted by molar-refractivity contribution is 0.410. The molecule has 0 saturated heterocycles. The molecule has 0 saturated carbocycles. The number of ether oxygens (including phenoxy) is 1. The van der Waals surface area contributed by atoms with Gasteiger partial charge < -0.3 is 10.5 Å². The lowest BCUT2D eigenvalue weighted by atomic mass is 10.2. The van der Waals surface area contributed by atoms with E-state index in [-0.39, 0.29) is 0 Å². The maximum absolute atomic E-state index is 5.63. The molecule has 2 rings (SSSR count). The third-order valence-corrected chi connectivity index (χ3v) is 2.52. The highest BCUT2D eigenvalue weighted by molar-refractivity contribution is 9.10. The average molecular weight is 284 g/mol. The van der Waals surface area contributed by atoms with E-state index in [1.807, 2.05) is 18.2 Å². The molecule has 0 atom stereocenters. The van der Waals surface area contributed by atoms with Crippen LogP contribution in [0.15, 0.2) is 22.7 Å². The fourth-order valence-electron chi connectivity index (χ4n) is 1.21. The molecule has 2 N–H and O–H groups in total. The largest absolute Gasteiger partial charge is 0.423 e. The lowest BCUT2D eigenvalue weighted by Gasteiger charge is -2.08. The first-order chi connectivity index (χ1) is 7.70. The minimum atomic E-state index is 0.331. The molecule has 0 radical (unpaired) electrons. The molecule has 2 aromatic rings. The Hall–Kier alpha value is -1.47. The number of tetrazole rings is 1. The van der Waals surface area contributed by atoms with Gasteiger partial charge >= 0.3 is 6.01 Å². The number of aryl methyl sites for hydroxylation is 1. The zero-order valence-corrected chi connectivity index (χ0v) is 10.2. The molecule has 16 heavy (non-hydrogen) atoms. The first kappa shape index (κ1) is 11.0. The highest BCUT2D eigenvalue weighted by Crippen LogP contribution is 2.26. The van der Waals surface area contributed by atoms with Gasteiger partial charge in [-0.25, -0.2) is 0 Å². The first-order valence-electron chi connectivity index (χ1n) is 4.59. The van der Waals surface area contributed by atoms with E-state index in [0.29, 0.717) is 18.3 Å². The second kappa shape index (κ2) is 4.58. The quantitative estimate of drug-likeness (QED) is 0.916. The number of nitrogens with zero attached hydrogens (tertiary/aromatic N) is 4. The number of hydrogen-bond acceptors (Lipinski definition) is 5. The zero-order chi connectivity index (χ0) is 11.5. The molecule has 0 aliphatic carbocycles. The molecule has 0 spiro atoms. The van der Waals surface area contributed by atoms with Gasteiger partial charge in [0.1, 0.15) is 5.75 Å². The maximum atomic E-state index is 5.63. The summed E-state index contributed by atoms with van der Waals surface area (Å²) in [6.07, 6.45) is 0. The Kier molecular flexibility index (Phi) is 3.16. The van der Waals surface area contributed by atoms with Crippen LogP contribution in [0.4, 0.5) is 0 Å². The predicted octanol–water partition coefficient (Wildman–Crippen LogP) is 1.22. The summed E-state index contributed by atoms with van der Waals surface area (Å²) in [5.41, 5.74) is 6.51. The Bertz CT molecular complexity index is 498. The van der Waals surface area contributed by atoms with Crippen LogP contribution in [0, 0.1) is 0 Å². The van der Waals surface area contributed by atoms with Crippen LogP contribution in [0.1, 0.15) is 5.56 Å². The van der Waals surface area contributed by atoms with Crippen molar-refractivity contribution in [2.45, 2.75) is 6.54 Å². The summed E-state index contributed by atoms with van der Waals surface area (Å²) in [6.45, 7) is 0.389. The van der Waals surface area contributed by atoms with Crippen LogP contribution in [0.25, 0.3) is 0 Å². The summed E-state index contributed by atoms with van der Waals surface area (Å²) >= 11 is 3.37. The van der Waals surface area contributed by atoms with Crippen LogP contribution in [-0.2, 0) is 13.6 Å². The van der Waals surface area contributed by atoms with Gasteiger partial charge in [-0.2, -0.15) is 4.68 Å². The van der Waals surface area contributed by atoms with Crippen molar-refractivity contribution in [1.29, 1.82) is 0 Å². The van der Waals surface area contributed by atoms with Crippen molar-refractivity contribution in [2.75, 3.05) is 0 Å². The zero-order valence-electron chi connectivity index (χ0n) is 8.59. The number of aromatic nitrogens is 4.